The highest BCUT2D eigenvalue weighted by Gasteiger charge is 2.11. The van der Waals surface area contributed by atoms with Crippen molar-refractivity contribution in [2.75, 3.05) is 24.3 Å². The molecule has 0 bridgehead atoms. The third-order valence-corrected chi connectivity index (χ3v) is 4.84. The fourth-order valence-corrected chi connectivity index (χ4v) is 3.58. The minimum Gasteiger partial charge on any atom is -0.376 e. The number of thiazole rings is 1. The van der Waals surface area contributed by atoms with Gasteiger partial charge in [-0.1, -0.05) is 11.6 Å². The second kappa shape index (κ2) is 6.75. The first-order valence-corrected chi connectivity index (χ1v) is 8.65. The molecule has 0 spiro atoms. The van der Waals surface area contributed by atoms with Crippen molar-refractivity contribution >= 4 is 40.1 Å². The molecule has 0 unspecified atom stereocenters. The highest BCUT2D eigenvalue weighted by atomic mass is 35.5. The molecular weight excluding hydrogens is 342 g/mol. The van der Waals surface area contributed by atoms with Crippen molar-refractivity contribution in [2.45, 2.75) is 13.8 Å². The van der Waals surface area contributed by atoms with Gasteiger partial charge in [0.1, 0.15) is 5.82 Å². The summed E-state index contributed by atoms with van der Waals surface area (Å²) in [5.74, 6) is 1.40. The van der Waals surface area contributed by atoms with E-state index in [2.05, 4.69) is 20.3 Å². The van der Waals surface area contributed by atoms with Crippen molar-refractivity contribution in [3.8, 4) is 10.7 Å². The van der Waals surface area contributed by atoms with E-state index in [0.717, 1.165) is 32.8 Å². The normalized spacial score (nSPS) is 10.7. The first-order valence-electron chi connectivity index (χ1n) is 7.45. The lowest BCUT2D eigenvalue weighted by atomic mass is 10.2. The first kappa shape index (κ1) is 16.7. The molecule has 24 heavy (non-hydrogen) atoms. The van der Waals surface area contributed by atoms with Crippen LogP contribution in [0.5, 0.6) is 0 Å². The summed E-state index contributed by atoms with van der Waals surface area (Å²) in [6.07, 6.45) is 1.74. The number of aryl methyl sites for hydroxylation is 2. The summed E-state index contributed by atoms with van der Waals surface area (Å²) < 4.78 is 0. The Morgan fingerprint density at radius 2 is 1.92 bits per heavy atom. The molecule has 1 N–H and O–H groups in total. The van der Waals surface area contributed by atoms with Gasteiger partial charge in [-0.25, -0.2) is 15.0 Å². The summed E-state index contributed by atoms with van der Waals surface area (Å²) in [5.41, 5.74) is 2.81. The average Bonchev–Trinajstić information content (AvgIpc) is 2.86. The van der Waals surface area contributed by atoms with Crippen LogP contribution >= 0.6 is 22.9 Å². The number of halogens is 1. The predicted octanol–water partition coefficient (Wildman–Crippen LogP) is 4.68. The van der Waals surface area contributed by atoms with Gasteiger partial charge < -0.3 is 10.2 Å². The second-order valence-corrected chi connectivity index (χ2v) is 7.21. The molecule has 3 rings (SSSR count). The van der Waals surface area contributed by atoms with Gasteiger partial charge >= 0.3 is 0 Å². The first-order chi connectivity index (χ1) is 11.4. The van der Waals surface area contributed by atoms with E-state index >= 15 is 0 Å². The molecule has 0 radical (unpaired) electrons. The molecule has 124 valence electrons. The molecule has 3 aromatic rings. The molecule has 7 heteroatoms. The third kappa shape index (κ3) is 3.49. The molecule has 0 fully saturated rings. The Balaban J connectivity index is 1.87. The van der Waals surface area contributed by atoms with E-state index < -0.39 is 0 Å². The highest BCUT2D eigenvalue weighted by molar-refractivity contribution is 7.15. The van der Waals surface area contributed by atoms with Crippen molar-refractivity contribution in [1.82, 2.24) is 15.0 Å². The summed E-state index contributed by atoms with van der Waals surface area (Å²) in [4.78, 5) is 16.4. The van der Waals surface area contributed by atoms with Gasteiger partial charge in [0, 0.05) is 26.0 Å². The van der Waals surface area contributed by atoms with Gasteiger partial charge in [0.15, 0.2) is 5.82 Å². The molecule has 0 amide bonds. The van der Waals surface area contributed by atoms with Crippen molar-refractivity contribution in [3.05, 3.63) is 46.2 Å². The standard InChI is InChI=1S/C17H18ClN5S/c1-10-16(24-11(2)20-10)17-19-8-7-15(22-17)21-12-5-6-14(23(3)4)13(18)9-12/h5-9H,1-4H3,(H,19,21,22). The number of hydrogen-bond donors (Lipinski definition) is 1. The molecule has 2 aromatic heterocycles. The van der Waals surface area contributed by atoms with E-state index in [1.54, 1.807) is 17.5 Å². The summed E-state index contributed by atoms with van der Waals surface area (Å²) in [6, 6.07) is 7.68. The van der Waals surface area contributed by atoms with Crippen LogP contribution in [0.4, 0.5) is 17.2 Å². The van der Waals surface area contributed by atoms with E-state index in [9.17, 15) is 0 Å². The molecule has 1 aromatic carbocycles. The molecule has 0 aliphatic carbocycles. The number of aromatic nitrogens is 3. The maximum absolute atomic E-state index is 6.32. The van der Waals surface area contributed by atoms with Gasteiger partial charge in [-0.3, -0.25) is 0 Å². The van der Waals surface area contributed by atoms with E-state index in [1.807, 2.05) is 57.1 Å². The minimum absolute atomic E-state index is 0.680. The zero-order valence-electron chi connectivity index (χ0n) is 14.0. The largest absolute Gasteiger partial charge is 0.376 e. The number of nitrogens with one attached hydrogen (secondary N) is 1. The molecule has 0 aliphatic heterocycles. The number of hydrogen-bond acceptors (Lipinski definition) is 6. The lowest BCUT2D eigenvalue weighted by Gasteiger charge is -2.15. The molecule has 0 atom stereocenters. The highest BCUT2D eigenvalue weighted by Crippen LogP contribution is 2.30. The Morgan fingerprint density at radius 3 is 2.54 bits per heavy atom. The molecule has 2 heterocycles. The van der Waals surface area contributed by atoms with Gasteiger partial charge in [-0.15, -0.1) is 11.3 Å². The van der Waals surface area contributed by atoms with Crippen molar-refractivity contribution in [3.63, 3.8) is 0 Å². The molecular formula is C17H18ClN5S. The summed E-state index contributed by atoms with van der Waals surface area (Å²) in [7, 11) is 3.93. The Morgan fingerprint density at radius 1 is 1.12 bits per heavy atom. The van der Waals surface area contributed by atoms with Crippen LogP contribution in [-0.2, 0) is 0 Å². The monoisotopic (exact) mass is 359 g/mol. The molecule has 0 saturated heterocycles. The Labute approximate surface area is 150 Å². The van der Waals surface area contributed by atoms with E-state index in [-0.39, 0.29) is 0 Å². The maximum atomic E-state index is 6.32. The van der Waals surface area contributed by atoms with Crippen LogP contribution in [0.3, 0.4) is 0 Å². The molecule has 5 nitrogen and oxygen atoms in total. The van der Waals surface area contributed by atoms with Crippen LogP contribution < -0.4 is 10.2 Å². The van der Waals surface area contributed by atoms with E-state index in [0.29, 0.717) is 10.8 Å². The smallest absolute Gasteiger partial charge is 0.173 e. The number of benzene rings is 1. The summed E-state index contributed by atoms with van der Waals surface area (Å²) in [5, 5.41) is 4.98. The van der Waals surface area contributed by atoms with Crippen LogP contribution in [0.15, 0.2) is 30.5 Å². The minimum atomic E-state index is 0.680. The molecule has 0 aliphatic rings. The zero-order valence-corrected chi connectivity index (χ0v) is 15.5. The second-order valence-electron chi connectivity index (χ2n) is 5.60. The average molecular weight is 360 g/mol. The van der Waals surface area contributed by atoms with Gasteiger partial charge in [-0.05, 0) is 38.1 Å². The number of nitrogens with zero attached hydrogens (tertiary/aromatic N) is 4. The van der Waals surface area contributed by atoms with Crippen LogP contribution in [0.1, 0.15) is 10.7 Å². The quantitative estimate of drug-likeness (QED) is 0.733. The van der Waals surface area contributed by atoms with Gasteiger partial charge in [0.25, 0.3) is 0 Å². The summed E-state index contributed by atoms with van der Waals surface area (Å²) >= 11 is 7.92. The topological polar surface area (TPSA) is 53.9 Å². The SMILES string of the molecule is Cc1nc(C)c(-c2nccc(Nc3ccc(N(C)C)c(Cl)c3)n2)s1. The maximum Gasteiger partial charge on any atom is 0.173 e. The third-order valence-electron chi connectivity index (χ3n) is 3.46. The zero-order chi connectivity index (χ0) is 17.3. The van der Waals surface area contributed by atoms with Gasteiger partial charge in [0.2, 0.25) is 0 Å². The Kier molecular flexibility index (Phi) is 4.69. The van der Waals surface area contributed by atoms with Crippen LogP contribution in [0.2, 0.25) is 5.02 Å². The Bertz CT molecular complexity index is 875. The van der Waals surface area contributed by atoms with Crippen molar-refractivity contribution in [2.24, 2.45) is 0 Å². The lowest BCUT2D eigenvalue weighted by Crippen LogP contribution is -2.09. The van der Waals surface area contributed by atoms with E-state index in [4.69, 9.17) is 11.6 Å². The Hall–Kier alpha value is -2.18. The van der Waals surface area contributed by atoms with Crippen LogP contribution in [0, 0.1) is 13.8 Å². The lowest BCUT2D eigenvalue weighted by molar-refractivity contribution is 1.13. The van der Waals surface area contributed by atoms with E-state index in [1.165, 1.54) is 0 Å². The van der Waals surface area contributed by atoms with Gasteiger partial charge in [0.05, 0.1) is 26.3 Å². The van der Waals surface area contributed by atoms with Crippen molar-refractivity contribution < 1.29 is 0 Å². The van der Waals surface area contributed by atoms with Crippen LogP contribution in [-0.4, -0.2) is 29.0 Å². The summed E-state index contributed by atoms with van der Waals surface area (Å²) in [6.45, 7) is 3.96. The van der Waals surface area contributed by atoms with Gasteiger partial charge in [-0.2, -0.15) is 0 Å². The van der Waals surface area contributed by atoms with Crippen molar-refractivity contribution in [1.29, 1.82) is 0 Å². The fourth-order valence-electron chi connectivity index (χ4n) is 2.37. The molecule has 0 saturated carbocycles. The fraction of sp³-hybridized carbons (Fsp3) is 0.235. The predicted molar refractivity (Wildman–Crippen MR) is 102 cm³/mol. The number of rotatable bonds is 4. The van der Waals surface area contributed by atoms with Crippen LogP contribution in [0.25, 0.3) is 10.7 Å². The number of anilines is 3.